The molecule has 0 aliphatic heterocycles. The van der Waals surface area contributed by atoms with Gasteiger partial charge in [-0.3, -0.25) is 13.9 Å². The fourth-order valence-corrected chi connectivity index (χ4v) is 5.63. The highest BCUT2D eigenvalue weighted by molar-refractivity contribution is 7.92. The summed E-state index contributed by atoms with van der Waals surface area (Å²) in [4.78, 5) is 29.2. The number of sulfonamides is 1. The summed E-state index contributed by atoms with van der Waals surface area (Å²) in [5.74, 6) is -0.425. The van der Waals surface area contributed by atoms with Crippen molar-refractivity contribution in [3.05, 3.63) is 101 Å². The van der Waals surface area contributed by atoms with Crippen molar-refractivity contribution in [2.45, 2.75) is 72.0 Å². The molecule has 3 aromatic carbocycles. The minimum absolute atomic E-state index is 0.0950. The third-order valence-electron chi connectivity index (χ3n) is 6.90. The maximum atomic E-state index is 13.9. The zero-order valence-electron chi connectivity index (χ0n) is 25.1. The number of carbonyl (C=O) groups excluding carboxylic acids is 2. The molecule has 0 saturated carbocycles. The first-order valence-electron chi connectivity index (χ1n) is 14.0. The van der Waals surface area contributed by atoms with E-state index in [1.165, 1.54) is 10.6 Å². The molecule has 41 heavy (non-hydrogen) atoms. The fourth-order valence-electron chi connectivity index (χ4n) is 4.67. The maximum Gasteiger partial charge on any atom is 0.243 e. The van der Waals surface area contributed by atoms with E-state index in [0.717, 1.165) is 22.3 Å². The Labute approximate surface area is 245 Å². The number of hydrogen-bond donors (Lipinski definition) is 1. The van der Waals surface area contributed by atoms with E-state index in [1.807, 2.05) is 107 Å². The summed E-state index contributed by atoms with van der Waals surface area (Å²) in [5, 5.41) is 3.07. The van der Waals surface area contributed by atoms with Crippen molar-refractivity contribution in [1.82, 2.24) is 10.2 Å². The topological polar surface area (TPSA) is 86.8 Å². The molecule has 0 radical (unpaired) electrons. The molecule has 8 heteroatoms. The van der Waals surface area contributed by atoms with Crippen LogP contribution >= 0.6 is 0 Å². The van der Waals surface area contributed by atoms with Gasteiger partial charge in [0.05, 0.1) is 11.9 Å². The lowest BCUT2D eigenvalue weighted by Crippen LogP contribution is -2.54. The summed E-state index contributed by atoms with van der Waals surface area (Å²) in [5.41, 5.74) is 4.04. The highest BCUT2D eigenvalue weighted by Crippen LogP contribution is 2.23. The molecule has 0 unspecified atom stereocenters. The Morgan fingerprint density at radius 1 is 0.854 bits per heavy atom. The first-order valence-corrected chi connectivity index (χ1v) is 15.8. The summed E-state index contributed by atoms with van der Waals surface area (Å²) in [7, 11) is -3.56. The van der Waals surface area contributed by atoms with Gasteiger partial charge in [0.1, 0.15) is 6.04 Å². The third-order valence-corrected chi connectivity index (χ3v) is 8.09. The molecule has 0 aliphatic rings. The molecule has 0 fully saturated rings. The molecule has 0 bridgehead atoms. The van der Waals surface area contributed by atoms with Gasteiger partial charge in [-0.1, -0.05) is 66.7 Å². The Bertz CT molecular complexity index is 1420. The summed E-state index contributed by atoms with van der Waals surface area (Å²) in [6, 6.07) is 24.1. The number of nitrogens with zero attached hydrogens (tertiary/aromatic N) is 2. The van der Waals surface area contributed by atoms with E-state index < -0.39 is 21.6 Å². The zero-order valence-corrected chi connectivity index (χ0v) is 25.9. The van der Waals surface area contributed by atoms with E-state index in [2.05, 4.69) is 5.32 Å². The average molecular weight is 578 g/mol. The van der Waals surface area contributed by atoms with Gasteiger partial charge >= 0.3 is 0 Å². The standard InChI is InChI=1S/C33H43N3O4S/c1-25-19-20-29(22-26(25)2)36(41(6,39)40)21-13-18-31(37)35(24-28-16-11-8-12-17-28)30(32(38)34-33(3,4)5)23-27-14-9-7-10-15-27/h7-12,14-17,19-20,22,30H,13,18,21,23-24H2,1-6H3,(H,34,38)/t30-/m1/s1. The molecule has 1 N–H and O–H groups in total. The molecule has 2 amide bonds. The van der Waals surface area contributed by atoms with Gasteiger partial charge in [0.15, 0.2) is 0 Å². The normalized spacial score (nSPS) is 12.4. The lowest BCUT2D eigenvalue weighted by molar-refractivity contribution is -0.142. The Balaban J connectivity index is 1.88. The van der Waals surface area contributed by atoms with Gasteiger partial charge < -0.3 is 10.2 Å². The molecule has 3 aromatic rings. The predicted molar refractivity (Wildman–Crippen MR) is 166 cm³/mol. The van der Waals surface area contributed by atoms with Crippen LogP contribution < -0.4 is 9.62 Å². The van der Waals surface area contributed by atoms with Crippen LogP contribution in [0.3, 0.4) is 0 Å². The van der Waals surface area contributed by atoms with E-state index in [-0.39, 0.29) is 31.3 Å². The number of rotatable bonds is 12. The van der Waals surface area contributed by atoms with Gasteiger partial charge in [0.25, 0.3) is 0 Å². The summed E-state index contributed by atoms with van der Waals surface area (Å²) in [6.07, 6.45) is 1.94. The Kier molecular flexibility index (Phi) is 10.7. The fraction of sp³-hybridized carbons (Fsp3) is 0.394. The van der Waals surface area contributed by atoms with Crippen molar-refractivity contribution in [1.29, 1.82) is 0 Å². The van der Waals surface area contributed by atoms with Crippen LogP contribution in [0.5, 0.6) is 0 Å². The number of benzene rings is 3. The zero-order chi connectivity index (χ0) is 30.2. The van der Waals surface area contributed by atoms with E-state index in [9.17, 15) is 18.0 Å². The average Bonchev–Trinajstić information content (AvgIpc) is 2.89. The van der Waals surface area contributed by atoms with Crippen molar-refractivity contribution in [2.24, 2.45) is 0 Å². The SMILES string of the molecule is Cc1ccc(N(CCCC(=O)N(Cc2ccccc2)[C@H](Cc2ccccc2)C(=O)NC(C)(C)C)S(C)(=O)=O)cc1C. The molecule has 0 aliphatic carbocycles. The summed E-state index contributed by atoms with van der Waals surface area (Å²) < 4.78 is 26.7. The number of carbonyl (C=O) groups is 2. The van der Waals surface area contributed by atoms with Crippen LogP contribution in [0.1, 0.15) is 55.9 Å². The van der Waals surface area contributed by atoms with Gasteiger partial charge in [-0.25, -0.2) is 8.42 Å². The van der Waals surface area contributed by atoms with Crippen molar-refractivity contribution < 1.29 is 18.0 Å². The smallest absolute Gasteiger partial charge is 0.243 e. The van der Waals surface area contributed by atoms with Gasteiger partial charge in [0, 0.05) is 31.5 Å². The first kappa shape index (κ1) is 31.9. The van der Waals surface area contributed by atoms with Crippen LogP contribution in [0, 0.1) is 13.8 Å². The van der Waals surface area contributed by atoms with E-state index in [4.69, 9.17) is 0 Å². The molecular formula is C33H43N3O4S. The highest BCUT2D eigenvalue weighted by atomic mass is 32.2. The molecule has 1 atom stereocenters. The lowest BCUT2D eigenvalue weighted by atomic mass is 10.00. The second-order valence-corrected chi connectivity index (χ2v) is 13.6. The quantitative estimate of drug-likeness (QED) is 0.312. The van der Waals surface area contributed by atoms with Crippen LogP contribution in [-0.4, -0.2) is 49.5 Å². The van der Waals surface area contributed by atoms with Gasteiger partial charge in [-0.05, 0) is 75.4 Å². The van der Waals surface area contributed by atoms with Crippen LogP contribution in [-0.2, 0) is 32.6 Å². The number of aryl methyl sites for hydroxylation is 2. The maximum absolute atomic E-state index is 13.9. The molecular weight excluding hydrogens is 534 g/mol. The minimum atomic E-state index is -3.56. The molecule has 0 saturated heterocycles. The molecule has 0 heterocycles. The number of anilines is 1. The van der Waals surface area contributed by atoms with Crippen LogP contribution in [0.2, 0.25) is 0 Å². The lowest BCUT2D eigenvalue weighted by Gasteiger charge is -2.34. The second-order valence-electron chi connectivity index (χ2n) is 11.7. The molecule has 0 aromatic heterocycles. The third kappa shape index (κ3) is 9.74. The van der Waals surface area contributed by atoms with Gasteiger partial charge in [-0.15, -0.1) is 0 Å². The molecule has 7 nitrogen and oxygen atoms in total. The Hall–Kier alpha value is -3.65. The van der Waals surface area contributed by atoms with Crippen LogP contribution in [0.4, 0.5) is 5.69 Å². The Morgan fingerprint density at radius 2 is 1.44 bits per heavy atom. The van der Waals surface area contributed by atoms with Crippen molar-refractivity contribution in [3.63, 3.8) is 0 Å². The number of nitrogens with one attached hydrogen (secondary N) is 1. The highest BCUT2D eigenvalue weighted by Gasteiger charge is 2.32. The van der Waals surface area contributed by atoms with Gasteiger partial charge in [0.2, 0.25) is 21.8 Å². The minimum Gasteiger partial charge on any atom is -0.350 e. The number of amides is 2. The molecule has 220 valence electrons. The van der Waals surface area contributed by atoms with Crippen LogP contribution in [0.25, 0.3) is 0 Å². The van der Waals surface area contributed by atoms with Gasteiger partial charge in [-0.2, -0.15) is 0 Å². The van der Waals surface area contributed by atoms with Crippen LogP contribution in [0.15, 0.2) is 78.9 Å². The Morgan fingerprint density at radius 3 is 1.98 bits per heavy atom. The predicted octanol–water partition coefficient (Wildman–Crippen LogP) is 5.40. The summed E-state index contributed by atoms with van der Waals surface area (Å²) >= 11 is 0. The number of hydrogen-bond acceptors (Lipinski definition) is 4. The van der Waals surface area contributed by atoms with Crippen molar-refractivity contribution in [2.75, 3.05) is 17.1 Å². The molecule has 3 rings (SSSR count). The first-order chi connectivity index (χ1) is 19.2. The monoisotopic (exact) mass is 577 g/mol. The van der Waals surface area contributed by atoms with E-state index in [1.54, 1.807) is 11.0 Å². The summed E-state index contributed by atoms with van der Waals surface area (Å²) in [6.45, 7) is 10.1. The van der Waals surface area contributed by atoms with Crippen molar-refractivity contribution >= 4 is 27.5 Å². The largest absolute Gasteiger partial charge is 0.350 e. The van der Waals surface area contributed by atoms with Crippen molar-refractivity contribution in [3.8, 4) is 0 Å². The van der Waals surface area contributed by atoms with E-state index in [0.29, 0.717) is 18.5 Å². The van der Waals surface area contributed by atoms with E-state index >= 15 is 0 Å². The second kappa shape index (κ2) is 13.8. The molecule has 0 spiro atoms.